The molecule has 4 amide bonds. The number of amides is 4. The molecule has 6 aromatic rings. The third-order valence-electron chi connectivity index (χ3n) is 11.3. The zero-order valence-electron chi connectivity index (χ0n) is 33.4. The Morgan fingerprint density at radius 1 is 0.672 bits per heavy atom. The molecule has 2 aliphatic heterocycles. The molecule has 2 aromatic carbocycles. The molecule has 6 heterocycles. The van der Waals surface area contributed by atoms with Gasteiger partial charge in [0.1, 0.15) is 23.7 Å². The molecule has 0 saturated carbocycles. The van der Waals surface area contributed by atoms with Crippen LogP contribution in [0.2, 0.25) is 0 Å². The van der Waals surface area contributed by atoms with Crippen molar-refractivity contribution in [3.05, 3.63) is 60.2 Å². The summed E-state index contributed by atoms with van der Waals surface area (Å²) in [5.74, 6) is 1.03. The maximum atomic E-state index is 13.6. The number of fused-ring (bicyclic) bond motifs is 3. The highest BCUT2D eigenvalue weighted by Gasteiger charge is 2.39. The Morgan fingerprint density at radius 3 is 1.47 bits per heavy atom. The largest absolute Gasteiger partial charge is 0.453 e. The van der Waals surface area contributed by atoms with E-state index in [-0.39, 0.29) is 35.7 Å². The minimum atomic E-state index is -0.687. The lowest BCUT2D eigenvalue weighted by molar-refractivity contribution is -0.136. The van der Waals surface area contributed by atoms with Crippen LogP contribution in [-0.2, 0) is 19.1 Å². The number of thiophene rings is 2. The third-order valence-corrected chi connectivity index (χ3v) is 13.7. The third kappa shape index (κ3) is 7.50. The van der Waals surface area contributed by atoms with Crippen LogP contribution >= 0.6 is 22.7 Å². The van der Waals surface area contributed by atoms with Crippen molar-refractivity contribution in [2.45, 2.75) is 77.5 Å². The quantitative estimate of drug-likeness (QED) is 0.107. The fraction of sp³-hybridized carbons (Fsp3) is 0.429. The van der Waals surface area contributed by atoms with E-state index in [0.717, 1.165) is 80.3 Å². The van der Waals surface area contributed by atoms with Crippen molar-refractivity contribution in [1.82, 2.24) is 40.4 Å². The fourth-order valence-electron chi connectivity index (χ4n) is 8.19. The zero-order valence-corrected chi connectivity index (χ0v) is 35.0. The van der Waals surface area contributed by atoms with Gasteiger partial charge in [0.05, 0.1) is 48.4 Å². The summed E-state index contributed by atoms with van der Waals surface area (Å²) in [5.41, 5.74) is 5.68. The second-order valence-corrected chi connectivity index (χ2v) is 17.9. The fourth-order valence-corrected chi connectivity index (χ4v) is 10.6. The molecule has 4 aromatic heterocycles. The number of carbonyl (C=O) groups is 4. The maximum Gasteiger partial charge on any atom is 0.407 e. The van der Waals surface area contributed by atoms with Crippen LogP contribution in [0.15, 0.2) is 48.5 Å². The predicted molar refractivity (Wildman–Crippen MR) is 226 cm³/mol. The number of aromatic amines is 2. The molecular formula is C42H48N8O6S2. The summed E-state index contributed by atoms with van der Waals surface area (Å²) in [7, 11) is 2.59. The highest BCUT2D eigenvalue weighted by molar-refractivity contribution is 7.31. The van der Waals surface area contributed by atoms with Gasteiger partial charge >= 0.3 is 12.2 Å². The van der Waals surface area contributed by atoms with Gasteiger partial charge in [0.25, 0.3) is 0 Å². The standard InChI is InChI=1S/C42H48N8O6S2/c1-21(2)35(47-41(53)55-5)39(51)49-15-7-9-29(49)37-43-25-13-11-23(17-27(25)45-37)31-19-33-34(57-31)20-32(58-33)24-12-14-26-28(18-24)46-38(44-26)30-10-8-16-50(30)40(52)36(22(3)4)48-42(54)56-6/h11-14,17-22,29-30,35-36H,7-10,15-16H2,1-6H3,(H,43,45)(H,44,46)(H,47,53)(H,48,54)/t29?,30?,35-,36-/m0/s1. The van der Waals surface area contributed by atoms with Crippen LogP contribution in [0, 0.1) is 11.8 Å². The Labute approximate surface area is 343 Å². The normalized spacial score (nSPS) is 18.1. The Morgan fingerprint density at radius 2 is 1.09 bits per heavy atom. The SMILES string of the molecule is COC(=O)N[C@H](C(=O)N1CCCC1c1nc2ccc(-c3cc4sc(-c5ccc6nc(C7CCCN7C(=O)[C@@H](NC(=O)OC)C(C)C)[nH]c6c5)cc4s3)cc2[nH]1)C(C)C. The van der Waals surface area contributed by atoms with Crippen LogP contribution in [0.1, 0.15) is 77.1 Å². The molecule has 4 atom stereocenters. The van der Waals surface area contributed by atoms with Crippen molar-refractivity contribution < 1.29 is 28.7 Å². The molecule has 0 aliphatic carbocycles. The van der Waals surface area contributed by atoms with E-state index in [4.69, 9.17) is 19.4 Å². The highest BCUT2D eigenvalue weighted by Crippen LogP contribution is 2.43. The molecule has 8 rings (SSSR count). The topological polar surface area (TPSA) is 175 Å². The van der Waals surface area contributed by atoms with Gasteiger partial charge in [-0.1, -0.05) is 39.8 Å². The van der Waals surface area contributed by atoms with Crippen molar-refractivity contribution in [3.63, 3.8) is 0 Å². The van der Waals surface area contributed by atoms with Gasteiger partial charge in [0, 0.05) is 32.2 Å². The number of benzene rings is 2. The number of methoxy groups -OCH3 is 2. The van der Waals surface area contributed by atoms with Gasteiger partial charge in [0.15, 0.2) is 0 Å². The lowest BCUT2D eigenvalue weighted by Crippen LogP contribution is -2.51. The monoisotopic (exact) mass is 824 g/mol. The van der Waals surface area contributed by atoms with Crippen LogP contribution in [-0.4, -0.2) is 93.1 Å². The number of aromatic nitrogens is 4. The van der Waals surface area contributed by atoms with Crippen molar-refractivity contribution in [3.8, 4) is 20.9 Å². The van der Waals surface area contributed by atoms with Gasteiger partial charge in [-0.15, -0.1) is 22.7 Å². The zero-order chi connectivity index (χ0) is 40.8. The summed E-state index contributed by atoms with van der Waals surface area (Å²) in [5, 5.41) is 5.43. The van der Waals surface area contributed by atoms with Crippen molar-refractivity contribution in [2.75, 3.05) is 27.3 Å². The first-order valence-corrected chi connectivity index (χ1v) is 21.4. The first-order chi connectivity index (χ1) is 27.9. The number of hydrogen-bond acceptors (Lipinski definition) is 10. The molecule has 58 heavy (non-hydrogen) atoms. The minimum absolute atomic E-state index is 0.104. The number of H-pyrrole nitrogens is 2. The van der Waals surface area contributed by atoms with Crippen LogP contribution in [0.3, 0.4) is 0 Å². The van der Waals surface area contributed by atoms with E-state index in [9.17, 15) is 19.2 Å². The molecule has 0 radical (unpaired) electrons. The van der Waals surface area contributed by atoms with E-state index >= 15 is 0 Å². The summed E-state index contributed by atoms with van der Waals surface area (Å²) in [6, 6.07) is 15.2. The number of likely N-dealkylation sites (tertiary alicyclic amines) is 2. The molecule has 16 heteroatoms. The molecular weight excluding hydrogens is 777 g/mol. The Balaban J connectivity index is 0.987. The first kappa shape index (κ1) is 39.4. The number of ether oxygens (including phenoxy) is 2. The number of nitrogens with zero attached hydrogens (tertiary/aromatic N) is 4. The Bertz CT molecular complexity index is 2320. The van der Waals surface area contributed by atoms with Gasteiger partial charge < -0.3 is 39.9 Å². The highest BCUT2D eigenvalue weighted by atomic mass is 32.1. The van der Waals surface area contributed by atoms with Gasteiger partial charge in [0.2, 0.25) is 11.8 Å². The molecule has 4 N–H and O–H groups in total. The summed E-state index contributed by atoms with van der Waals surface area (Å²) in [6.45, 7) is 8.84. The number of carbonyl (C=O) groups excluding carboxylic acids is 4. The van der Waals surface area contributed by atoms with Crippen molar-refractivity contribution in [1.29, 1.82) is 0 Å². The van der Waals surface area contributed by atoms with E-state index in [0.29, 0.717) is 13.1 Å². The molecule has 14 nitrogen and oxygen atoms in total. The summed E-state index contributed by atoms with van der Waals surface area (Å²) >= 11 is 3.49. The molecule has 2 unspecified atom stereocenters. The van der Waals surface area contributed by atoms with Gasteiger partial charge in [-0.25, -0.2) is 19.6 Å². The smallest absolute Gasteiger partial charge is 0.407 e. The van der Waals surface area contributed by atoms with Gasteiger partial charge in [-0.2, -0.15) is 0 Å². The average molecular weight is 825 g/mol. The first-order valence-electron chi connectivity index (χ1n) is 19.8. The number of alkyl carbamates (subject to hydrolysis) is 2. The lowest BCUT2D eigenvalue weighted by atomic mass is 10.0. The van der Waals surface area contributed by atoms with E-state index in [1.54, 1.807) is 22.7 Å². The van der Waals surface area contributed by atoms with Crippen LogP contribution < -0.4 is 10.6 Å². The molecule has 2 saturated heterocycles. The maximum absolute atomic E-state index is 13.6. The van der Waals surface area contributed by atoms with Crippen LogP contribution in [0.5, 0.6) is 0 Å². The molecule has 2 fully saturated rings. The van der Waals surface area contributed by atoms with Crippen molar-refractivity contribution in [2.24, 2.45) is 11.8 Å². The predicted octanol–water partition coefficient (Wildman–Crippen LogP) is 8.14. The van der Waals surface area contributed by atoms with Gasteiger partial charge in [-0.3, -0.25) is 9.59 Å². The molecule has 0 bridgehead atoms. The van der Waals surface area contributed by atoms with E-state index in [1.807, 2.05) is 49.6 Å². The van der Waals surface area contributed by atoms with Crippen LogP contribution in [0.4, 0.5) is 9.59 Å². The number of nitrogens with one attached hydrogen (secondary N) is 4. The Kier molecular flexibility index (Phi) is 10.9. The average Bonchev–Trinajstić information content (AvgIpc) is 4.06. The van der Waals surface area contributed by atoms with E-state index < -0.39 is 24.3 Å². The minimum Gasteiger partial charge on any atom is -0.453 e. The van der Waals surface area contributed by atoms with Crippen molar-refractivity contribution >= 4 is 78.1 Å². The second kappa shape index (κ2) is 16.0. The number of rotatable bonds is 10. The second-order valence-electron chi connectivity index (χ2n) is 15.8. The summed E-state index contributed by atoms with van der Waals surface area (Å²) in [4.78, 5) is 74.1. The summed E-state index contributed by atoms with van der Waals surface area (Å²) in [6.07, 6.45) is 2.04. The van der Waals surface area contributed by atoms with Crippen LogP contribution in [0.25, 0.3) is 52.3 Å². The van der Waals surface area contributed by atoms with E-state index in [1.165, 1.54) is 23.6 Å². The lowest BCUT2D eigenvalue weighted by Gasteiger charge is -2.29. The van der Waals surface area contributed by atoms with Gasteiger partial charge in [-0.05, 0) is 85.0 Å². The van der Waals surface area contributed by atoms with E-state index in [2.05, 4.69) is 57.0 Å². The Hall–Kier alpha value is -5.48. The molecule has 0 spiro atoms. The number of imidazole rings is 2. The molecule has 2 aliphatic rings. The molecule has 304 valence electrons. The number of hydrogen-bond donors (Lipinski definition) is 4. The summed E-state index contributed by atoms with van der Waals surface area (Å²) < 4.78 is 12.0.